The molecule has 0 aliphatic rings. The Morgan fingerprint density at radius 2 is 2.11 bits per heavy atom. The van der Waals surface area contributed by atoms with Gasteiger partial charge >= 0.3 is 5.88 Å². The molecule has 0 aliphatic carbocycles. The van der Waals surface area contributed by atoms with Crippen molar-refractivity contribution in [1.29, 1.82) is 0 Å². The summed E-state index contributed by atoms with van der Waals surface area (Å²) in [7, 11) is 0. The van der Waals surface area contributed by atoms with Crippen molar-refractivity contribution in [3.8, 4) is 0 Å². The summed E-state index contributed by atoms with van der Waals surface area (Å²) < 4.78 is 4.89. The van der Waals surface area contributed by atoms with Crippen molar-refractivity contribution < 1.29 is 9.34 Å². The fraction of sp³-hybridized carbons (Fsp3) is 0. The van der Waals surface area contributed by atoms with Gasteiger partial charge in [0.1, 0.15) is 4.92 Å². The van der Waals surface area contributed by atoms with Gasteiger partial charge in [0.15, 0.2) is 5.76 Å². The number of para-hydroxylation sites is 1. The molecule has 18 heavy (non-hydrogen) atoms. The van der Waals surface area contributed by atoms with Crippen molar-refractivity contribution in [2.24, 2.45) is 5.10 Å². The minimum absolute atomic E-state index is 0.279. The SMILES string of the molecule is O=[N+]([O-])c1ccc(/C=N\Nc2ccccc2Cl)o1. The topological polar surface area (TPSA) is 80.7 Å². The molecule has 0 unspecified atom stereocenters. The van der Waals surface area contributed by atoms with Gasteiger partial charge in [-0.25, -0.2) is 0 Å². The van der Waals surface area contributed by atoms with E-state index in [0.29, 0.717) is 10.7 Å². The number of halogens is 1. The highest BCUT2D eigenvalue weighted by molar-refractivity contribution is 6.33. The van der Waals surface area contributed by atoms with E-state index in [-0.39, 0.29) is 11.6 Å². The summed E-state index contributed by atoms with van der Waals surface area (Å²) in [5.74, 6) is -0.0459. The molecule has 0 amide bonds. The maximum Gasteiger partial charge on any atom is 0.433 e. The van der Waals surface area contributed by atoms with Gasteiger partial charge < -0.3 is 4.42 Å². The first-order chi connectivity index (χ1) is 8.66. The Bertz CT molecular complexity index is 595. The van der Waals surface area contributed by atoms with Crippen molar-refractivity contribution in [2.75, 3.05) is 5.43 Å². The van der Waals surface area contributed by atoms with Gasteiger partial charge in [-0.05, 0) is 18.2 Å². The second-order valence-electron chi connectivity index (χ2n) is 3.28. The van der Waals surface area contributed by atoms with Gasteiger partial charge in [-0.15, -0.1) is 0 Å². The molecular weight excluding hydrogens is 258 g/mol. The first-order valence-corrected chi connectivity index (χ1v) is 5.32. The minimum Gasteiger partial charge on any atom is -0.400 e. The third-order valence-corrected chi connectivity index (χ3v) is 2.37. The maximum atomic E-state index is 10.4. The van der Waals surface area contributed by atoms with Crippen LogP contribution in [-0.2, 0) is 0 Å². The molecule has 0 bridgehead atoms. The Hall–Kier alpha value is -2.34. The lowest BCUT2D eigenvalue weighted by Crippen LogP contribution is -1.90. The van der Waals surface area contributed by atoms with Crippen LogP contribution in [0.4, 0.5) is 11.6 Å². The molecule has 6 nitrogen and oxygen atoms in total. The fourth-order valence-corrected chi connectivity index (χ4v) is 1.41. The smallest absolute Gasteiger partial charge is 0.400 e. The number of hydrogen-bond donors (Lipinski definition) is 1. The van der Waals surface area contributed by atoms with Gasteiger partial charge in [-0.2, -0.15) is 5.10 Å². The molecule has 1 N–H and O–H groups in total. The van der Waals surface area contributed by atoms with E-state index in [4.69, 9.17) is 16.0 Å². The maximum absolute atomic E-state index is 10.4. The number of anilines is 1. The van der Waals surface area contributed by atoms with E-state index in [1.54, 1.807) is 18.2 Å². The number of furan rings is 1. The number of nitrogens with zero attached hydrogens (tertiary/aromatic N) is 2. The molecule has 0 saturated heterocycles. The van der Waals surface area contributed by atoms with Crippen LogP contribution < -0.4 is 5.43 Å². The van der Waals surface area contributed by atoms with Crippen LogP contribution in [0.1, 0.15) is 5.76 Å². The molecule has 0 saturated carbocycles. The molecular formula is C11H8ClN3O3. The van der Waals surface area contributed by atoms with E-state index >= 15 is 0 Å². The average Bonchev–Trinajstić information content (AvgIpc) is 2.80. The number of nitrogens with one attached hydrogen (secondary N) is 1. The van der Waals surface area contributed by atoms with E-state index in [9.17, 15) is 10.1 Å². The summed E-state index contributed by atoms with van der Waals surface area (Å²) in [4.78, 5) is 9.78. The van der Waals surface area contributed by atoms with E-state index in [1.807, 2.05) is 6.07 Å². The standard InChI is InChI=1S/C11H8ClN3O3/c12-9-3-1-2-4-10(9)14-13-7-8-5-6-11(18-8)15(16)17/h1-7,14H/b13-7-. The zero-order valence-corrected chi connectivity index (χ0v) is 9.79. The molecule has 7 heteroatoms. The molecule has 2 aromatic rings. The summed E-state index contributed by atoms with van der Waals surface area (Å²) in [5, 5.41) is 14.8. The van der Waals surface area contributed by atoms with Crippen LogP contribution in [0.25, 0.3) is 0 Å². The number of nitro groups is 1. The third kappa shape index (κ3) is 2.86. The van der Waals surface area contributed by atoms with E-state index < -0.39 is 4.92 Å². The first-order valence-electron chi connectivity index (χ1n) is 4.94. The van der Waals surface area contributed by atoms with Gasteiger partial charge in [0.2, 0.25) is 0 Å². The minimum atomic E-state index is -0.612. The highest BCUT2D eigenvalue weighted by Gasteiger charge is 2.10. The van der Waals surface area contributed by atoms with Crippen LogP contribution in [0.2, 0.25) is 5.02 Å². The van der Waals surface area contributed by atoms with E-state index in [0.717, 1.165) is 0 Å². The van der Waals surface area contributed by atoms with Crippen LogP contribution in [0, 0.1) is 10.1 Å². The van der Waals surface area contributed by atoms with Crippen molar-refractivity contribution in [3.05, 3.63) is 57.3 Å². The fourth-order valence-electron chi connectivity index (χ4n) is 1.23. The zero-order chi connectivity index (χ0) is 13.0. The lowest BCUT2D eigenvalue weighted by molar-refractivity contribution is -0.402. The Morgan fingerprint density at radius 3 is 2.78 bits per heavy atom. The van der Waals surface area contributed by atoms with Crippen LogP contribution in [0.15, 0.2) is 45.9 Å². The van der Waals surface area contributed by atoms with Crippen molar-refractivity contribution in [2.45, 2.75) is 0 Å². The summed E-state index contributed by atoms with van der Waals surface area (Å²) >= 11 is 5.90. The quantitative estimate of drug-likeness (QED) is 0.522. The highest BCUT2D eigenvalue weighted by Crippen LogP contribution is 2.20. The number of rotatable bonds is 4. The Morgan fingerprint density at radius 1 is 1.33 bits per heavy atom. The van der Waals surface area contributed by atoms with Crippen LogP contribution >= 0.6 is 11.6 Å². The molecule has 0 radical (unpaired) electrons. The summed E-state index contributed by atoms with van der Waals surface area (Å²) in [6, 6.07) is 9.79. The predicted octanol–water partition coefficient (Wildman–Crippen LogP) is 3.29. The van der Waals surface area contributed by atoms with Gasteiger partial charge in [0, 0.05) is 0 Å². The van der Waals surface area contributed by atoms with Crippen LogP contribution in [0.3, 0.4) is 0 Å². The van der Waals surface area contributed by atoms with Crippen molar-refractivity contribution >= 4 is 29.4 Å². The molecule has 1 aromatic carbocycles. The normalized spacial score (nSPS) is 10.7. The largest absolute Gasteiger partial charge is 0.433 e. The van der Waals surface area contributed by atoms with Gasteiger partial charge in [-0.3, -0.25) is 15.5 Å². The number of benzene rings is 1. The van der Waals surface area contributed by atoms with Gasteiger partial charge in [0.05, 0.1) is 23.0 Å². The molecule has 1 heterocycles. The average molecular weight is 266 g/mol. The zero-order valence-electron chi connectivity index (χ0n) is 9.04. The van der Waals surface area contributed by atoms with Gasteiger partial charge in [0.25, 0.3) is 0 Å². The lowest BCUT2D eigenvalue weighted by Gasteiger charge is -2.00. The second kappa shape index (κ2) is 5.33. The molecule has 2 rings (SSSR count). The second-order valence-corrected chi connectivity index (χ2v) is 3.69. The highest BCUT2D eigenvalue weighted by atomic mass is 35.5. The Labute approximate surface area is 107 Å². The van der Waals surface area contributed by atoms with Gasteiger partial charge in [-0.1, -0.05) is 23.7 Å². The monoisotopic (exact) mass is 265 g/mol. The van der Waals surface area contributed by atoms with Crippen LogP contribution in [-0.4, -0.2) is 11.1 Å². The number of hydrazone groups is 1. The van der Waals surface area contributed by atoms with E-state index in [2.05, 4.69) is 10.5 Å². The predicted molar refractivity (Wildman–Crippen MR) is 68.0 cm³/mol. The van der Waals surface area contributed by atoms with E-state index in [1.165, 1.54) is 18.3 Å². The summed E-state index contributed by atoms with van der Waals surface area (Å²) in [5.41, 5.74) is 3.34. The number of hydrogen-bond acceptors (Lipinski definition) is 5. The molecule has 0 fully saturated rings. The Kier molecular flexibility index (Phi) is 3.59. The van der Waals surface area contributed by atoms with Crippen LogP contribution in [0.5, 0.6) is 0 Å². The lowest BCUT2D eigenvalue weighted by atomic mass is 10.3. The summed E-state index contributed by atoms with van der Waals surface area (Å²) in [6.45, 7) is 0. The first kappa shape index (κ1) is 12.1. The summed E-state index contributed by atoms with van der Waals surface area (Å²) in [6.07, 6.45) is 1.33. The molecule has 92 valence electrons. The molecule has 1 aromatic heterocycles. The Balaban J connectivity index is 2.03. The molecule has 0 aliphatic heterocycles. The van der Waals surface area contributed by atoms with Crippen molar-refractivity contribution in [3.63, 3.8) is 0 Å². The molecule has 0 atom stereocenters. The third-order valence-electron chi connectivity index (χ3n) is 2.04. The molecule has 0 spiro atoms. The van der Waals surface area contributed by atoms with Crippen molar-refractivity contribution in [1.82, 2.24) is 0 Å².